The van der Waals surface area contributed by atoms with E-state index >= 15 is 0 Å². The molecule has 110 valence electrons. The summed E-state index contributed by atoms with van der Waals surface area (Å²) in [4.78, 5) is 14.9. The van der Waals surface area contributed by atoms with E-state index in [-0.39, 0.29) is 5.91 Å². The first-order valence-corrected chi connectivity index (χ1v) is 7.81. The molecule has 4 nitrogen and oxygen atoms in total. The van der Waals surface area contributed by atoms with Gasteiger partial charge in [0.15, 0.2) is 0 Å². The minimum Gasteiger partial charge on any atom is -0.495 e. The van der Waals surface area contributed by atoms with Crippen LogP contribution < -0.4 is 15.8 Å². The van der Waals surface area contributed by atoms with Crippen LogP contribution in [0, 0.1) is 0 Å². The third kappa shape index (κ3) is 2.88. The minimum atomic E-state index is -0.109. The van der Waals surface area contributed by atoms with E-state index < -0.39 is 0 Å². The number of amides is 1. The summed E-state index contributed by atoms with van der Waals surface area (Å²) in [5.41, 5.74) is 8.30. The molecule has 1 amide bonds. The standard InChI is InChI=1S/C16H18N2O2S/c1-20-14-8-11(5-6-13(14)17)16(19)18-9-12-7-10-3-2-4-15(10)21-12/h5-8H,2-4,9,17H2,1H3,(H,18,19). The maximum absolute atomic E-state index is 12.2. The second kappa shape index (κ2) is 5.77. The highest BCUT2D eigenvalue weighted by molar-refractivity contribution is 7.12. The molecule has 1 aromatic heterocycles. The van der Waals surface area contributed by atoms with Crippen molar-refractivity contribution in [3.05, 3.63) is 45.1 Å². The highest BCUT2D eigenvalue weighted by Crippen LogP contribution is 2.30. The van der Waals surface area contributed by atoms with Gasteiger partial charge in [0, 0.05) is 15.3 Å². The molecule has 21 heavy (non-hydrogen) atoms. The first kappa shape index (κ1) is 13.9. The van der Waals surface area contributed by atoms with Gasteiger partial charge in [0.25, 0.3) is 5.91 Å². The molecule has 1 aromatic carbocycles. The lowest BCUT2D eigenvalue weighted by molar-refractivity contribution is 0.0951. The summed E-state index contributed by atoms with van der Waals surface area (Å²) in [5.74, 6) is 0.416. The number of aryl methyl sites for hydroxylation is 2. The molecule has 0 bridgehead atoms. The van der Waals surface area contributed by atoms with Crippen molar-refractivity contribution in [2.45, 2.75) is 25.8 Å². The number of fused-ring (bicyclic) bond motifs is 1. The van der Waals surface area contributed by atoms with Crippen molar-refractivity contribution < 1.29 is 9.53 Å². The molecule has 0 saturated carbocycles. The smallest absolute Gasteiger partial charge is 0.251 e. The Hall–Kier alpha value is -2.01. The number of thiophene rings is 1. The van der Waals surface area contributed by atoms with E-state index in [1.807, 2.05) is 11.3 Å². The molecule has 0 aliphatic heterocycles. The van der Waals surface area contributed by atoms with Gasteiger partial charge in [0.2, 0.25) is 0 Å². The Morgan fingerprint density at radius 3 is 3.00 bits per heavy atom. The number of rotatable bonds is 4. The van der Waals surface area contributed by atoms with Crippen LogP contribution >= 0.6 is 11.3 Å². The summed E-state index contributed by atoms with van der Waals surface area (Å²) in [5, 5.41) is 2.95. The Morgan fingerprint density at radius 1 is 1.38 bits per heavy atom. The molecule has 5 heteroatoms. The van der Waals surface area contributed by atoms with Gasteiger partial charge >= 0.3 is 0 Å². The van der Waals surface area contributed by atoms with Crippen LogP contribution in [0.4, 0.5) is 5.69 Å². The predicted octanol–water partition coefficient (Wildman–Crippen LogP) is 2.76. The van der Waals surface area contributed by atoms with E-state index in [1.165, 1.54) is 34.6 Å². The third-order valence-corrected chi connectivity index (χ3v) is 4.95. The van der Waals surface area contributed by atoms with Crippen molar-refractivity contribution in [2.24, 2.45) is 0 Å². The van der Waals surface area contributed by atoms with E-state index in [9.17, 15) is 4.79 Å². The number of anilines is 1. The van der Waals surface area contributed by atoms with Gasteiger partial charge in [-0.1, -0.05) is 0 Å². The Morgan fingerprint density at radius 2 is 2.24 bits per heavy atom. The average molecular weight is 302 g/mol. The molecule has 1 aliphatic carbocycles. The van der Waals surface area contributed by atoms with Gasteiger partial charge < -0.3 is 15.8 Å². The second-order valence-electron chi connectivity index (χ2n) is 5.15. The van der Waals surface area contributed by atoms with Crippen molar-refractivity contribution in [3.63, 3.8) is 0 Å². The quantitative estimate of drug-likeness (QED) is 0.854. The summed E-state index contributed by atoms with van der Waals surface area (Å²) in [6.45, 7) is 0.573. The van der Waals surface area contributed by atoms with E-state index in [2.05, 4.69) is 11.4 Å². The van der Waals surface area contributed by atoms with Gasteiger partial charge in [-0.05, 0) is 49.1 Å². The van der Waals surface area contributed by atoms with E-state index in [0.29, 0.717) is 23.5 Å². The molecule has 0 atom stereocenters. The number of nitrogen functional groups attached to an aromatic ring is 1. The molecule has 0 spiro atoms. The van der Waals surface area contributed by atoms with Crippen LogP contribution in [-0.4, -0.2) is 13.0 Å². The molecule has 1 aliphatic rings. The molecule has 0 saturated heterocycles. The van der Waals surface area contributed by atoms with Gasteiger partial charge in [-0.25, -0.2) is 0 Å². The number of hydrogen-bond donors (Lipinski definition) is 2. The van der Waals surface area contributed by atoms with E-state index in [4.69, 9.17) is 10.5 Å². The van der Waals surface area contributed by atoms with E-state index in [1.54, 1.807) is 25.3 Å². The number of methoxy groups -OCH3 is 1. The van der Waals surface area contributed by atoms with Crippen LogP contribution in [0.1, 0.15) is 32.1 Å². The van der Waals surface area contributed by atoms with Crippen molar-refractivity contribution in [2.75, 3.05) is 12.8 Å². The second-order valence-corrected chi connectivity index (χ2v) is 6.38. The Balaban J connectivity index is 1.65. The lowest BCUT2D eigenvalue weighted by Gasteiger charge is -2.08. The zero-order valence-electron chi connectivity index (χ0n) is 11.9. The summed E-state index contributed by atoms with van der Waals surface area (Å²) < 4.78 is 5.14. The van der Waals surface area contributed by atoms with Crippen LogP contribution in [0.3, 0.4) is 0 Å². The van der Waals surface area contributed by atoms with Crippen LogP contribution in [-0.2, 0) is 19.4 Å². The fraction of sp³-hybridized carbons (Fsp3) is 0.312. The van der Waals surface area contributed by atoms with Gasteiger partial charge in [0.1, 0.15) is 5.75 Å². The topological polar surface area (TPSA) is 64.3 Å². The fourth-order valence-electron chi connectivity index (χ4n) is 2.60. The normalized spacial score (nSPS) is 13.0. The summed E-state index contributed by atoms with van der Waals surface area (Å²) in [6, 6.07) is 7.28. The molecule has 2 aromatic rings. The number of hydrogen-bond acceptors (Lipinski definition) is 4. The molecular weight excluding hydrogens is 284 g/mol. The van der Waals surface area contributed by atoms with Crippen molar-refractivity contribution >= 4 is 22.9 Å². The zero-order chi connectivity index (χ0) is 14.8. The number of nitrogens with two attached hydrogens (primary N) is 1. The highest BCUT2D eigenvalue weighted by Gasteiger charge is 2.15. The molecule has 3 N–H and O–H groups in total. The molecule has 3 rings (SSSR count). The largest absolute Gasteiger partial charge is 0.495 e. The minimum absolute atomic E-state index is 0.109. The summed E-state index contributed by atoms with van der Waals surface area (Å²) in [7, 11) is 1.54. The molecule has 0 radical (unpaired) electrons. The molecular formula is C16H18N2O2S. The van der Waals surface area contributed by atoms with Gasteiger partial charge in [-0.2, -0.15) is 0 Å². The molecule has 0 fully saturated rings. The number of ether oxygens (including phenoxy) is 1. The number of carbonyl (C=O) groups is 1. The lowest BCUT2D eigenvalue weighted by atomic mass is 10.1. The Bertz CT molecular complexity index is 657. The summed E-state index contributed by atoms with van der Waals surface area (Å²) in [6.07, 6.45) is 3.62. The van der Waals surface area contributed by atoms with Crippen LogP contribution in [0.15, 0.2) is 24.3 Å². The van der Waals surface area contributed by atoms with E-state index in [0.717, 1.165) is 0 Å². The zero-order valence-corrected chi connectivity index (χ0v) is 12.8. The highest BCUT2D eigenvalue weighted by atomic mass is 32.1. The van der Waals surface area contributed by atoms with Gasteiger partial charge in [-0.15, -0.1) is 11.3 Å². The first-order chi connectivity index (χ1) is 10.2. The number of benzene rings is 1. The maximum atomic E-state index is 12.2. The average Bonchev–Trinajstić information content (AvgIpc) is 3.06. The van der Waals surface area contributed by atoms with Crippen molar-refractivity contribution in [1.82, 2.24) is 5.32 Å². The Labute approximate surface area is 127 Å². The first-order valence-electron chi connectivity index (χ1n) is 6.99. The summed E-state index contributed by atoms with van der Waals surface area (Å²) >= 11 is 1.81. The van der Waals surface area contributed by atoms with Crippen molar-refractivity contribution in [3.8, 4) is 5.75 Å². The number of nitrogens with one attached hydrogen (secondary N) is 1. The Kier molecular flexibility index (Phi) is 3.84. The number of carbonyl (C=O) groups excluding carboxylic acids is 1. The molecule has 0 unspecified atom stereocenters. The maximum Gasteiger partial charge on any atom is 0.251 e. The van der Waals surface area contributed by atoms with Crippen LogP contribution in [0.25, 0.3) is 0 Å². The van der Waals surface area contributed by atoms with Crippen molar-refractivity contribution in [1.29, 1.82) is 0 Å². The van der Waals surface area contributed by atoms with Crippen LogP contribution in [0.5, 0.6) is 5.75 Å². The van der Waals surface area contributed by atoms with Gasteiger partial charge in [-0.3, -0.25) is 4.79 Å². The SMILES string of the molecule is COc1cc(C(=O)NCc2cc3c(s2)CCC3)ccc1N. The van der Waals surface area contributed by atoms with Crippen LogP contribution in [0.2, 0.25) is 0 Å². The predicted molar refractivity (Wildman–Crippen MR) is 84.9 cm³/mol. The lowest BCUT2D eigenvalue weighted by Crippen LogP contribution is -2.22. The molecule has 1 heterocycles. The fourth-order valence-corrected chi connectivity index (χ4v) is 3.80. The van der Waals surface area contributed by atoms with Gasteiger partial charge in [0.05, 0.1) is 19.3 Å². The third-order valence-electron chi connectivity index (χ3n) is 3.72. The monoisotopic (exact) mass is 302 g/mol.